The Morgan fingerprint density at radius 1 is 1.04 bits per heavy atom. The number of ether oxygens (including phenoxy) is 1. The normalized spacial score (nSPS) is 32.4. The van der Waals surface area contributed by atoms with E-state index < -0.39 is 6.61 Å². The summed E-state index contributed by atoms with van der Waals surface area (Å²) in [5, 5.41) is 9.77. The third-order valence-corrected chi connectivity index (χ3v) is 6.73. The molecule has 1 atom stereocenters. The maximum atomic E-state index is 12.8. The third kappa shape index (κ3) is 4.21. The molecule has 4 rings (SSSR count). The number of hydrogen-bond donors (Lipinski definition) is 1. The summed E-state index contributed by atoms with van der Waals surface area (Å²) in [5.41, 5.74) is 1.03. The maximum absolute atomic E-state index is 12.8. The first-order valence-corrected chi connectivity index (χ1v) is 10.3. The van der Waals surface area contributed by atoms with E-state index in [1.165, 1.54) is 12.8 Å². The van der Waals surface area contributed by atoms with Crippen molar-refractivity contribution in [2.75, 3.05) is 31.1 Å². The molecule has 0 bridgehead atoms. The van der Waals surface area contributed by atoms with E-state index in [1.54, 1.807) is 12.1 Å². The number of rotatable bonds is 4. The Morgan fingerprint density at radius 2 is 1.81 bits per heavy atom. The highest BCUT2D eigenvalue weighted by Crippen LogP contribution is 2.43. The first-order chi connectivity index (χ1) is 13.0. The van der Waals surface area contributed by atoms with Gasteiger partial charge in [0.15, 0.2) is 0 Å². The van der Waals surface area contributed by atoms with Crippen molar-refractivity contribution in [3.8, 4) is 5.75 Å². The summed E-state index contributed by atoms with van der Waals surface area (Å²) in [7, 11) is 0. The fraction of sp³-hybridized carbons (Fsp3) is 0.714. The predicted octanol–water partition coefficient (Wildman–Crippen LogP) is 3.88. The van der Waals surface area contributed by atoms with Crippen LogP contribution in [0.25, 0.3) is 0 Å². The Balaban J connectivity index is 1.44. The molecular formula is C21H30F2N2O2. The minimum absolute atomic E-state index is 0.116. The molecule has 2 saturated heterocycles. The molecule has 1 aliphatic carbocycles. The van der Waals surface area contributed by atoms with Gasteiger partial charge in [-0.25, -0.2) is 0 Å². The number of halogens is 2. The van der Waals surface area contributed by atoms with Crippen molar-refractivity contribution < 1.29 is 18.6 Å². The van der Waals surface area contributed by atoms with Crippen LogP contribution in [0.3, 0.4) is 0 Å². The summed E-state index contributed by atoms with van der Waals surface area (Å²) in [6, 6.07) is 7.76. The zero-order valence-corrected chi connectivity index (χ0v) is 15.8. The molecule has 1 saturated carbocycles. The van der Waals surface area contributed by atoms with Gasteiger partial charge < -0.3 is 14.7 Å². The van der Waals surface area contributed by atoms with Gasteiger partial charge in [-0.2, -0.15) is 8.78 Å². The molecule has 0 radical (unpaired) electrons. The highest BCUT2D eigenvalue weighted by Gasteiger charge is 2.43. The van der Waals surface area contributed by atoms with Crippen molar-refractivity contribution in [1.82, 2.24) is 4.90 Å². The van der Waals surface area contributed by atoms with E-state index in [0.717, 1.165) is 64.0 Å². The molecule has 3 fully saturated rings. The van der Waals surface area contributed by atoms with Crippen LogP contribution in [0.1, 0.15) is 44.9 Å². The van der Waals surface area contributed by atoms with E-state index in [0.29, 0.717) is 6.04 Å². The average Bonchev–Trinajstić information content (AvgIpc) is 3.05. The molecule has 27 heavy (non-hydrogen) atoms. The number of piperidine rings is 1. The second kappa shape index (κ2) is 7.92. The molecule has 6 heteroatoms. The number of aliphatic hydroxyl groups is 1. The molecule has 1 N–H and O–H groups in total. The van der Waals surface area contributed by atoms with Crippen molar-refractivity contribution in [1.29, 1.82) is 0 Å². The largest absolute Gasteiger partial charge is 0.433 e. The smallest absolute Gasteiger partial charge is 0.387 e. The Bertz CT molecular complexity index is 636. The molecule has 1 spiro atoms. The van der Waals surface area contributed by atoms with Gasteiger partial charge in [-0.3, -0.25) is 4.90 Å². The van der Waals surface area contributed by atoms with E-state index in [-0.39, 0.29) is 17.3 Å². The van der Waals surface area contributed by atoms with E-state index in [9.17, 15) is 13.9 Å². The number of alkyl halides is 2. The van der Waals surface area contributed by atoms with Crippen LogP contribution in [0, 0.1) is 5.41 Å². The summed E-state index contributed by atoms with van der Waals surface area (Å²) in [6.07, 6.45) is 7.35. The van der Waals surface area contributed by atoms with Gasteiger partial charge in [-0.05, 0) is 63.6 Å². The number of nitrogens with zero attached hydrogens (tertiary/aromatic N) is 2. The monoisotopic (exact) mass is 380 g/mol. The van der Waals surface area contributed by atoms with Crippen molar-refractivity contribution >= 4 is 5.69 Å². The zero-order chi connectivity index (χ0) is 18.9. The molecule has 3 aliphatic rings. The molecule has 2 aliphatic heterocycles. The predicted molar refractivity (Wildman–Crippen MR) is 101 cm³/mol. The second-order valence-electron chi connectivity index (χ2n) is 8.55. The highest BCUT2D eigenvalue weighted by atomic mass is 19.3. The highest BCUT2D eigenvalue weighted by molar-refractivity contribution is 5.59. The van der Waals surface area contributed by atoms with Crippen LogP contribution < -0.4 is 9.64 Å². The summed E-state index contributed by atoms with van der Waals surface area (Å²) in [4.78, 5) is 4.87. The van der Waals surface area contributed by atoms with Crippen LogP contribution in [0.15, 0.2) is 24.3 Å². The molecule has 0 aromatic heterocycles. The Hall–Kier alpha value is -1.40. The lowest BCUT2D eigenvalue weighted by Gasteiger charge is -2.43. The fourth-order valence-electron chi connectivity index (χ4n) is 5.37. The van der Waals surface area contributed by atoms with Crippen LogP contribution in [-0.2, 0) is 0 Å². The van der Waals surface area contributed by atoms with Crippen molar-refractivity contribution in [2.24, 2.45) is 5.41 Å². The Kier molecular flexibility index (Phi) is 5.55. The molecule has 2 heterocycles. The topological polar surface area (TPSA) is 35.9 Å². The van der Waals surface area contributed by atoms with Gasteiger partial charge in [0, 0.05) is 31.1 Å². The van der Waals surface area contributed by atoms with Gasteiger partial charge in [0.25, 0.3) is 0 Å². The van der Waals surface area contributed by atoms with E-state index in [1.807, 2.05) is 12.1 Å². The van der Waals surface area contributed by atoms with Gasteiger partial charge >= 0.3 is 6.61 Å². The number of anilines is 1. The first-order valence-electron chi connectivity index (χ1n) is 10.3. The van der Waals surface area contributed by atoms with Crippen molar-refractivity contribution in [3.05, 3.63) is 24.3 Å². The standard InChI is InChI=1S/C21H30F2N2O2/c22-20(23)27-19-5-2-1-4-18(19)25-12-3-10-21(15-25)11-13-24(14-21)16-6-8-17(26)9-7-16/h1-2,4-5,16-17,20,26H,3,6-15H2/t16-,17-,21-/m1/s1. The lowest BCUT2D eigenvalue weighted by molar-refractivity contribution is -0.0495. The molecule has 1 aromatic carbocycles. The summed E-state index contributed by atoms with van der Waals surface area (Å²) in [5.74, 6) is 0.278. The first kappa shape index (κ1) is 18.9. The van der Waals surface area contributed by atoms with Gasteiger partial charge in [0.1, 0.15) is 5.75 Å². The van der Waals surface area contributed by atoms with Crippen LogP contribution in [0.4, 0.5) is 14.5 Å². The summed E-state index contributed by atoms with van der Waals surface area (Å²) in [6.45, 7) is 1.20. The van der Waals surface area contributed by atoms with Gasteiger partial charge in [-0.15, -0.1) is 0 Å². The van der Waals surface area contributed by atoms with Crippen LogP contribution in [0.5, 0.6) is 5.75 Å². The van der Waals surface area contributed by atoms with Gasteiger partial charge in [0.2, 0.25) is 0 Å². The second-order valence-corrected chi connectivity index (χ2v) is 8.55. The quantitative estimate of drug-likeness (QED) is 0.860. The Morgan fingerprint density at radius 3 is 2.59 bits per heavy atom. The molecule has 1 aromatic rings. The number of likely N-dealkylation sites (tertiary alicyclic amines) is 1. The van der Waals surface area contributed by atoms with E-state index in [4.69, 9.17) is 4.74 Å². The summed E-state index contributed by atoms with van der Waals surface area (Å²) < 4.78 is 30.3. The average molecular weight is 380 g/mol. The SMILES string of the molecule is O[C@H]1CC[C@H](N2CC[C@]3(CCCN(c4ccccc4OC(F)F)C3)C2)CC1. The van der Waals surface area contributed by atoms with Crippen LogP contribution in [-0.4, -0.2) is 54.9 Å². The fourth-order valence-corrected chi connectivity index (χ4v) is 5.37. The molecule has 4 nitrogen and oxygen atoms in total. The lowest BCUT2D eigenvalue weighted by Crippen LogP contribution is -2.46. The molecule has 150 valence electrons. The van der Waals surface area contributed by atoms with Crippen LogP contribution in [0.2, 0.25) is 0 Å². The molecular weight excluding hydrogens is 350 g/mol. The van der Waals surface area contributed by atoms with E-state index in [2.05, 4.69) is 9.80 Å². The minimum Gasteiger partial charge on any atom is -0.433 e. The maximum Gasteiger partial charge on any atom is 0.387 e. The van der Waals surface area contributed by atoms with Crippen molar-refractivity contribution in [2.45, 2.75) is 63.7 Å². The number of aliphatic hydroxyl groups excluding tert-OH is 1. The molecule has 0 amide bonds. The minimum atomic E-state index is -2.80. The number of benzene rings is 1. The number of hydrogen-bond acceptors (Lipinski definition) is 4. The summed E-state index contributed by atoms with van der Waals surface area (Å²) >= 11 is 0. The Labute approximate surface area is 160 Å². The van der Waals surface area contributed by atoms with Gasteiger partial charge in [-0.1, -0.05) is 12.1 Å². The lowest BCUT2D eigenvalue weighted by atomic mass is 9.79. The van der Waals surface area contributed by atoms with E-state index >= 15 is 0 Å². The van der Waals surface area contributed by atoms with Gasteiger partial charge in [0.05, 0.1) is 11.8 Å². The number of para-hydroxylation sites is 2. The van der Waals surface area contributed by atoms with Crippen molar-refractivity contribution in [3.63, 3.8) is 0 Å². The van der Waals surface area contributed by atoms with Crippen LogP contribution >= 0.6 is 0 Å². The third-order valence-electron chi connectivity index (χ3n) is 6.73. The molecule has 0 unspecified atom stereocenters. The zero-order valence-electron chi connectivity index (χ0n) is 15.8.